The smallest absolute Gasteiger partial charge is 0.245 e. The van der Waals surface area contributed by atoms with Crippen molar-refractivity contribution in [2.45, 2.75) is 9.96 Å². The first-order chi connectivity index (χ1) is 14.3. The lowest BCUT2D eigenvalue weighted by Gasteiger charge is -2.27. The van der Waals surface area contributed by atoms with E-state index in [4.69, 9.17) is 47.0 Å². The highest BCUT2D eigenvalue weighted by Gasteiger charge is 2.34. The number of alkyl halides is 3. The Labute approximate surface area is 194 Å². The van der Waals surface area contributed by atoms with E-state index in [9.17, 15) is 4.79 Å². The number of para-hydroxylation sites is 1. The van der Waals surface area contributed by atoms with E-state index in [1.54, 1.807) is 12.3 Å². The highest BCUT2D eigenvalue weighted by Crippen LogP contribution is 2.29. The summed E-state index contributed by atoms with van der Waals surface area (Å²) in [6, 6.07) is 18.8. The number of hydrogen-bond donors (Lipinski definition) is 3. The molecule has 5 nitrogen and oxygen atoms in total. The predicted octanol–water partition coefficient (Wildman–Crippen LogP) is 5.05. The fourth-order valence-electron chi connectivity index (χ4n) is 2.62. The number of nitrogens with zero attached hydrogens (tertiary/aromatic N) is 1. The van der Waals surface area contributed by atoms with Crippen molar-refractivity contribution in [2.24, 2.45) is 0 Å². The maximum Gasteiger partial charge on any atom is 0.245 e. The number of hydrogen-bond acceptors (Lipinski definition) is 3. The molecule has 2 aromatic carbocycles. The van der Waals surface area contributed by atoms with Crippen LogP contribution in [0.2, 0.25) is 0 Å². The molecule has 3 N–H and O–H groups in total. The minimum absolute atomic E-state index is 0.164. The third kappa shape index (κ3) is 6.31. The molecule has 30 heavy (non-hydrogen) atoms. The van der Waals surface area contributed by atoms with E-state index in [1.807, 2.05) is 60.7 Å². The summed E-state index contributed by atoms with van der Waals surface area (Å²) >= 11 is 23.4. The standard InChI is InChI=1S/C21H17Cl3N4OS/c22-21(23,24)19(27-17(29)12-11-14-6-2-1-3-7-14)28-20(30)26-16-10-4-8-15-9-5-13-25-18(15)16/h1-13,19H,(H,27,29)(H2,26,28,30)/b12-11+/t19-/m0/s1. The monoisotopic (exact) mass is 478 g/mol. The van der Waals surface area contributed by atoms with E-state index in [2.05, 4.69) is 20.9 Å². The van der Waals surface area contributed by atoms with Gasteiger partial charge >= 0.3 is 0 Å². The van der Waals surface area contributed by atoms with Crippen LogP contribution in [0, 0.1) is 0 Å². The number of aromatic nitrogens is 1. The first-order valence-electron chi connectivity index (χ1n) is 8.84. The Balaban J connectivity index is 1.68. The molecule has 1 amide bonds. The van der Waals surface area contributed by atoms with Crippen LogP contribution in [0.3, 0.4) is 0 Å². The van der Waals surface area contributed by atoms with Gasteiger partial charge in [0.15, 0.2) is 5.11 Å². The molecule has 3 rings (SSSR count). The molecule has 0 radical (unpaired) electrons. The highest BCUT2D eigenvalue weighted by molar-refractivity contribution is 7.80. The van der Waals surface area contributed by atoms with Crippen LogP contribution in [0.5, 0.6) is 0 Å². The fraction of sp³-hybridized carbons (Fsp3) is 0.0952. The predicted molar refractivity (Wildman–Crippen MR) is 129 cm³/mol. The van der Waals surface area contributed by atoms with Gasteiger partial charge in [-0.3, -0.25) is 9.78 Å². The van der Waals surface area contributed by atoms with Crippen LogP contribution in [0.1, 0.15) is 5.56 Å². The maximum absolute atomic E-state index is 12.3. The number of amides is 1. The van der Waals surface area contributed by atoms with Crippen molar-refractivity contribution >= 4 is 80.7 Å². The Kier molecular flexibility index (Phi) is 7.50. The Morgan fingerprint density at radius 3 is 2.47 bits per heavy atom. The number of anilines is 1. The minimum Gasteiger partial charge on any atom is -0.339 e. The number of benzene rings is 2. The number of carbonyl (C=O) groups excluding carboxylic acids is 1. The molecule has 1 aromatic heterocycles. The minimum atomic E-state index is -1.85. The zero-order chi connectivity index (χ0) is 21.6. The Morgan fingerprint density at radius 1 is 1.00 bits per heavy atom. The summed E-state index contributed by atoms with van der Waals surface area (Å²) in [5, 5.41) is 9.58. The van der Waals surface area contributed by atoms with Crippen molar-refractivity contribution in [3.8, 4) is 0 Å². The van der Waals surface area contributed by atoms with Gasteiger partial charge in [-0.2, -0.15) is 0 Å². The van der Waals surface area contributed by atoms with Gasteiger partial charge in [0.25, 0.3) is 0 Å². The van der Waals surface area contributed by atoms with Gasteiger partial charge in [-0.1, -0.05) is 83.3 Å². The van der Waals surface area contributed by atoms with Crippen molar-refractivity contribution in [3.63, 3.8) is 0 Å². The van der Waals surface area contributed by atoms with Gasteiger partial charge in [0, 0.05) is 17.7 Å². The molecule has 9 heteroatoms. The number of fused-ring (bicyclic) bond motifs is 1. The van der Waals surface area contributed by atoms with E-state index < -0.39 is 15.9 Å². The second-order valence-electron chi connectivity index (χ2n) is 6.21. The van der Waals surface area contributed by atoms with Gasteiger partial charge in [0.2, 0.25) is 9.70 Å². The number of nitrogens with one attached hydrogen (secondary N) is 3. The van der Waals surface area contributed by atoms with Gasteiger partial charge in [-0.15, -0.1) is 0 Å². The third-order valence-electron chi connectivity index (χ3n) is 4.00. The lowest BCUT2D eigenvalue weighted by molar-refractivity contribution is -0.117. The molecule has 0 aliphatic heterocycles. The molecule has 0 aliphatic rings. The third-order valence-corrected chi connectivity index (χ3v) is 4.87. The second kappa shape index (κ2) is 10.1. The van der Waals surface area contributed by atoms with Crippen LogP contribution in [-0.4, -0.2) is 26.0 Å². The molecular formula is C21H17Cl3N4OS. The van der Waals surface area contributed by atoms with Gasteiger partial charge in [-0.05, 0) is 36.0 Å². The van der Waals surface area contributed by atoms with Crippen LogP contribution in [0.4, 0.5) is 5.69 Å². The summed E-state index contributed by atoms with van der Waals surface area (Å²) in [4.78, 5) is 16.7. The summed E-state index contributed by atoms with van der Waals surface area (Å²) in [6.45, 7) is 0. The number of rotatable bonds is 5. The lowest BCUT2D eigenvalue weighted by Crippen LogP contribution is -2.55. The quantitative estimate of drug-likeness (QED) is 0.207. The van der Waals surface area contributed by atoms with Crippen molar-refractivity contribution in [1.82, 2.24) is 15.6 Å². The topological polar surface area (TPSA) is 66.1 Å². The molecule has 0 spiro atoms. The van der Waals surface area contributed by atoms with E-state index >= 15 is 0 Å². The van der Waals surface area contributed by atoms with E-state index in [0.29, 0.717) is 5.69 Å². The largest absolute Gasteiger partial charge is 0.339 e. The summed E-state index contributed by atoms with van der Waals surface area (Å²) < 4.78 is -1.85. The zero-order valence-electron chi connectivity index (χ0n) is 15.5. The average molecular weight is 480 g/mol. The highest BCUT2D eigenvalue weighted by atomic mass is 35.6. The summed E-state index contributed by atoms with van der Waals surface area (Å²) in [6.07, 6.45) is 3.63. The maximum atomic E-state index is 12.3. The molecule has 0 saturated carbocycles. The Hall–Kier alpha value is -2.38. The van der Waals surface area contributed by atoms with Gasteiger partial charge < -0.3 is 16.0 Å². The summed E-state index contributed by atoms with van der Waals surface area (Å²) in [5.74, 6) is -0.447. The van der Waals surface area contributed by atoms with Crippen LogP contribution in [0.15, 0.2) is 72.9 Å². The average Bonchev–Trinajstić information content (AvgIpc) is 2.72. The number of thiocarbonyl (C=S) groups is 1. The molecular weight excluding hydrogens is 463 g/mol. The van der Waals surface area contributed by atoms with Crippen molar-refractivity contribution in [1.29, 1.82) is 0 Å². The first kappa shape index (κ1) is 22.3. The molecule has 154 valence electrons. The number of halogens is 3. The summed E-state index contributed by atoms with van der Waals surface area (Å²) in [7, 11) is 0. The number of pyridine rings is 1. The second-order valence-corrected chi connectivity index (χ2v) is 8.98. The number of carbonyl (C=O) groups is 1. The Morgan fingerprint density at radius 2 is 1.73 bits per heavy atom. The van der Waals surface area contributed by atoms with E-state index in [-0.39, 0.29) is 5.11 Å². The Bertz CT molecular complexity index is 1070. The zero-order valence-corrected chi connectivity index (χ0v) is 18.6. The molecule has 0 saturated heterocycles. The van der Waals surface area contributed by atoms with Crippen molar-refractivity contribution < 1.29 is 4.79 Å². The molecule has 0 unspecified atom stereocenters. The van der Waals surface area contributed by atoms with Crippen molar-refractivity contribution in [3.05, 3.63) is 78.5 Å². The van der Waals surface area contributed by atoms with Crippen LogP contribution >= 0.6 is 47.0 Å². The molecule has 3 aromatic rings. The van der Waals surface area contributed by atoms with Crippen LogP contribution < -0.4 is 16.0 Å². The normalized spacial score (nSPS) is 12.5. The molecule has 0 fully saturated rings. The van der Waals surface area contributed by atoms with Crippen LogP contribution in [-0.2, 0) is 4.79 Å². The molecule has 0 bridgehead atoms. The van der Waals surface area contributed by atoms with E-state index in [0.717, 1.165) is 16.5 Å². The molecule has 1 atom stereocenters. The first-order valence-corrected chi connectivity index (χ1v) is 10.4. The summed E-state index contributed by atoms with van der Waals surface area (Å²) in [5.41, 5.74) is 2.29. The van der Waals surface area contributed by atoms with Gasteiger partial charge in [-0.25, -0.2) is 0 Å². The molecule has 0 aliphatic carbocycles. The SMILES string of the molecule is O=C(/C=C/c1ccccc1)N[C@@H](NC(=S)Nc1cccc2cccnc12)C(Cl)(Cl)Cl. The fourth-order valence-corrected chi connectivity index (χ4v) is 3.18. The lowest BCUT2D eigenvalue weighted by atomic mass is 10.2. The van der Waals surface area contributed by atoms with E-state index in [1.165, 1.54) is 6.08 Å². The van der Waals surface area contributed by atoms with Gasteiger partial charge in [0.1, 0.15) is 6.17 Å². The molecule has 1 heterocycles. The van der Waals surface area contributed by atoms with Crippen molar-refractivity contribution in [2.75, 3.05) is 5.32 Å². The van der Waals surface area contributed by atoms with Gasteiger partial charge in [0.05, 0.1) is 11.2 Å². The van der Waals surface area contributed by atoms with Crippen LogP contribution in [0.25, 0.3) is 17.0 Å².